The van der Waals surface area contributed by atoms with Gasteiger partial charge in [0.25, 0.3) is 0 Å². The van der Waals surface area contributed by atoms with Gasteiger partial charge in [0.1, 0.15) is 17.2 Å². The van der Waals surface area contributed by atoms with E-state index in [1.807, 2.05) is 48.5 Å². The highest BCUT2D eigenvalue weighted by Crippen LogP contribution is 2.55. The molecule has 0 saturated carbocycles. The summed E-state index contributed by atoms with van der Waals surface area (Å²) in [4.78, 5) is 4.65. The van der Waals surface area contributed by atoms with E-state index in [9.17, 15) is 11.8 Å². The van der Waals surface area contributed by atoms with Gasteiger partial charge in [0, 0.05) is 74.4 Å². The third-order valence-corrected chi connectivity index (χ3v) is 19.0. The van der Waals surface area contributed by atoms with Crippen LogP contribution in [-0.2, 0) is 0 Å². The second-order valence-electron chi connectivity index (χ2n) is 20.7. The second kappa shape index (κ2) is 17.5. The maximum Gasteiger partial charge on any atom is 0.220 e. The van der Waals surface area contributed by atoms with Crippen molar-refractivity contribution in [2.24, 2.45) is 0 Å². The number of benzene rings is 12. The van der Waals surface area contributed by atoms with Crippen molar-refractivity contribution in [3.8, 4) is 62.0 Å². The molecule has 0 fully saturated rings. The van der Waals surface area contributed by atoms with E-state index >= 15 is 0 Å². The summed E-state index contributed by atoms with van der Waals surface area (Å²) in [5, 5.41) is 23.5. The van der Waals surface area contributed by atoms with Gasteiger partial charge in [-0.1, -0.05) is 200 Å². The van der Waals surface area contributed by atoms with Crippen LogP contribution in [-0.4, -0.2) is 9.13 Å². The molecule has 12 aromatic carbocycles. The van der Waals surface area contributed by atoms with Gasteiger partial charge < -0.3 is 13.6 Å². The smallest absolute Gasteiger partial charge is 0.220 e. The fourth-order valence-electron chi connectivity index (χ4n) is 13.3. The summed E-state index contributed by atoms with van der Waals surface area (Å²) < 4.78 is 15.8. The normalized spacial score (nSPS) is 11.9. The molecule has 0 radical (unpaired) electrons. The molecule has 0 atom stereocenters. The van der Waals surface area contributed by atoms with Crippen LogP contribution in [0, 0.1) is 17.9 Å². The Morgan fingerprint density at radius 3 is 1.69 bits per heavy atom. The van der Waals surface area contributed by atoms with Gasteiger partial charge in [-0.15, -0.1) is 22.7 Å². The van der Waals surface area contributed by atoms with Crippen molar-refractivity contribution in [1.29, 1.82) is 5.26 Å². The molecule has 0 unspecified atom stereocenters. The van der Waals surface area contributed by atoms with Gasteiger partial charge in [0.2, 0.25) is 5.69 Å². The van der Waals surface area contributed by atoms with Crippen LogP contribution in [0.3, 0.4) is 0 Å². The van der Waals surface area contributed by atoms with E-state index in [1.165, 1.54) is 25.7 Å². The molecule has 0 aliphatic rings. The van der Waals surface area contributed by atoms with Crippen LogP contribution in [0.2, 0.25) is 0 Å². The number of aromatic nitrogens is 2. The van der Waals surface area contributed by atoms with Gasteiger partial charge in [-0.25, -0.2) is 4.85 Å². The van der Waals surface area contributed by atoms with Gasteiger partial charge in [-0.2, -0.15) is 5.26 Å². The molecule has 0 spiro atoms. The van der Waals surface area contributed by atoms with Gasteiger partial charge >= 0.3 is 0 Å². The zero-order chi connectivity index (χ0) is 53.4. The Hall–Kier alpha value is -10.5. The monoisotopic (exact) mass is 1060 g/mol. The van der Waals surface area contributed by atoms with Crippen LogP contribution < -0.4 is 0 Å². The van der Waals surface area contributed by atoms with E-state index in [0.717, 1.165) is 125 Å². The lowest BCUT2D eigenvalue weighted by atomic mass is 9.88. The van der Waals surface area contributed by atoms with E-state index in [2.05, 4.69) is 214 Å². The minimum Gasteiger partial charge on any atom is -0.456 e. The average Bonchev–Trinajstić information content (AvgIpc) is 4.39. The third-order valence-electron chi connectivity index (χ3n) is 16.6. The molecular weight excluding hydrogens is 1020 g/mol. The van der Waals surface area contributed by atoms with Crippen molar-refractivity contribution in [1.82, 2.24) is 9.13 Å². The Morgan fingerprint density at radius 1 is 0.395 bits per heavy atom. The second-order valence-corrected chi connectivity index (χ2v) is 22.8. The fraction of sp³-hybridized carbons (Fsp3) is 0. The van der Waals surface area contributed by atoms with Crippen molar-refractivity contribution in [3.05, 3.63) is 260 Å². The Kier molecular flexibility index (Phi) is 9.82. The molecule has 5 nitrogen and oxygen atoms in total. The van der Waals surface area contributed by atoms with Crippen LogP contribution in [0.1, 0.15) is 5.56 Å². The van der Waals surface area contributed by atoms with Crippen molar-refractivity contribution in [2.75, 3.05) is 0 Å². The van der Waals surface area contributed by atoms with E-state index < -0.39 is 0 Å². The maximum atomic E-state index is 12.4. The Morgan fingerprint density at radius 2 is 0.951 bits per heavy atom. The van der Waals surface area contributed by atoms with E-state index in [-0.39, 0.29) is 0 Å². The highest BCUT2D eigenvalue weighted by molar-refractivity contribution is 7.27. The number of para-hydroxylation sites is 2. The van der Waals surface area contributed by atoms with Gasteiger partial charge in [0.15, 0.2) is 0 Å². The molecule has 374 valence electrons. The lowest BCUT2D eigenvalue weighted by Gasteiger charge is -2.26. The lowest BCUT2D eigenvalue weighted by molar-refractivity contribution is 0.669. The number of hydrogen-bond acceptors (Lipinski definition) is 4. The SMILES string of the molecule is [C-]#[N+]c1c(-c2ccccc2)c(C#N)c(-n2c3c(ccc4c5ccccc5sc43)c3ccc4c(sc5cccc(-c6ccccc6)c54)c32)c(-c2ccccc2)c1-n1c2ccccc2c2c(-c3ccc4oc5ccccc5c4c3)cccc21. The Labute approximate surface area is 471 Å². The molecule has 0 N–H and O–H groups in total. The minimum absolute atomic E-state index is 0.395. The number of rotatable bonds is 6. The largest absolute Gasteiger partial charge is 0.456 e. The molecule has 17 aromatic rings. The van der Waals surface area contributed by atoms with Crippen molar-refractivity contribution < 1.29 is 4.42 Å². The first-order chi connectivity index (χ1) is 40.1. The van der Waals surface area contributed by atoms with E-state index in [4.69, 9.17) is 4.42 Å². The number of nitrogens with zero attached hydrogens (tertiary/aromatic N) is 4. The summed E-state index contributed by atoms with van der Waals surface area (Å²) in [6.45, 7) is 9.56. The maximum absolute atomic E-state index is 12.4. The van der Waals surface area contributed by atoms with Crippen LogP contribution in [0.15, 0.2) is 247 Å². The van der Waals surface area contributed by atoms with Crippen molar-refractivity contribution >= 4 is 134 Å². The predicted molar refractivity (Wildman–Crippen MR) is 341 cm³/mol. The molecular formula is C74H40N4OS2. The molecule has 17 rings (SSSR count). The number of fused-ring (bicyclic) bond motifs is 17. The summed E-state index contributed by atoms with van der Waals surface area (Å²) in [5.41, 5.74) is 15.4. The molecule has 0 aliphatic carbocycles. The van der Waals surface area contributed by atoms with Crippen molar-refractivity contribution in [2.45, 2.75) is 0 Å². The quantitative estimate of drug-likeness (QED) is 0.156. The topological polar surface area (TPSA) is 51.1 Å². The van der Waals surface area contributed by atoms with Crippen molar-refractivity contribution in [3.63, 3.8) is 0 Å². The molecule has 0 saturated heterocycles. The predicted octanol–water partition coefficient (Wildman–Crippen LogP) is 21.6. The summed E-state index contributed by atoms with van der Waals surface area (Å²) >= 11 is 3.60. The molecule has 5 heterocycles. The minimum atomic E-state index is 0.395. The number of nitriles is 1. The van der Waals surface area contributed by atoms with Crippen LogP contribution in [0.25, 0.3) is 167 Å². The standard InChI is InChI=1S/C74H40N4OS2/c1-76-68-64(44-21-7-3-8-22-44)57(42-75)69(78-70-51(36-38-53-50-26-13-16-33-62(50)80-73(53)70)52-37-39-55-67-47(43-19-5-2-6-20-43)29-18-34-63(67)81-74(55)71(52)78)65(45-23-9-4-10-24-45)72(68)77-58-30-14-11-27-54(58)66-48(28-17-31-59(66)77)46-35-40-61-56(41-46)49-25-12-15-32-60(49)79-61/h2-41H. The molecule has 81 heavy (non-hydrogen) atoms. The summed E-state index contributed by atoms with van der Waals surface area (Å²) in [6, 6.07) is 88.5. The lowest BCUT2D eigenvalue weighted by Crippen LogP contribution is -2.09. The Bertz CT molecular complexity index is 5610. The molecule has 0 bridgehead atoms. The third kappa shape index (κ3) is 6.45. The van der Waals surface area contributed by atoms with Gasteiger partial charge in [-0.05, 0) is 75.8 Å². The highest BCUT2D eigenvalue weighted by Gasteiger charge is 2.33. The van der Waals surface area contributed by atoms with E-state index in [0.29, 0.717) is 22.5 Å². The van der Waals surface area contributed by atoms with Gasteiger partial charge in [0.05, 0.1) is 55.0 Å². The molecule has 5 aromatic heterocycles. The summed E-state index contributed by atoms with van der Waals surface area (Å²) in [6.07, 6.45) is 0. The highest BCUT2D eigenvalue weighted by atomic mass is 32.1. The molecule has 0 amide bonds. The zero-order valence-electron chi connectivity index (χ0n) is 43.1. The Balaban J connectivity index is 1.10. The number of hydrogen-bond donors (Lipinski definition) is 0. The summed E-state index contributed by atoms with van der Waals surface area (Å²) in [5.74, 6) is 0. The summed E-state index contributed by atoms with van der Waals surface area (Å²) in [7, 11) is 0. The number of furan rings is 1. The van der Waals surface area contributed by atoms with Crippen LogP contribution in [0.5, 0.6) is 0 Å². The van der Waals surface area contributed by atoms with Crippen LogP contribution in [0.4, 0.5) is 5.69 Å². The molecule has 0 aliphatic heterocycles. The number of thiophene rings is 2. The molecule has 7 heteroatoms. The first kappa shape index (κ1) is 45.5. The van der Waals surface area contributed by atoms with Crippen LogP contribution >= 0.6 is 22.7 Å². The fourth-order valence-corrected chi connectivity index (χ4v) is 15.8. The average molecular weight is 1070 g/mol. The van der Waals surface area contributed by atoms with E-state index in [1.54, 1.807) is 22.7 Å². The zero-order valence-corrected chi connectivity index (χ0v) is 44.7. The van der Waals surface area contributed by atoms with Gasteiger partial charge in [-0.3, -0.25) is 0 Å². The first-order valence-corrected chi connectivity index (χ1v) is 28.6. The first-order valence-electron chi connectivity index (χ1n) is 27.0.